The summed E-state index contributed by atoms with van der Waals surface area (Å²) in [5.74, 6) is 1.56. The molecule has 0 saturated heterocycles. The van der Waals surface area contributed by atoms with Gasteiger partial charge < -0.3 is 4.57 Å². The first-order chi connectivity index (χ1) is 8.17. The van der Waals surface area contributed by atoms with Gasteiger partial charge in [-0.15, -0.1) is 21.8 Å². The molecule has 0 aliphatic heterocycles. The van der Waals surface area contributed by atoms with Crippen LogP contribution in [0.1, 0.15) is 18.3 Å². The molecule has 0 amide bonds. The second kappa shape index (κ2) is 4.84. The normalized spacial score (nSPS) is 10.8. The van der Waals surface area contributed by atoms with E-state index in [2.05, 4.69) is 10.2 Å². The first-order valence-electron chi connectivity index (χ1n) is 5.42. The number of rotatable bonds is 3. The summed E-state index contributed by atoms with van der Waals surface area (Å²) in [5.41, 5.74) is 1.45. The SMILES string of the molecule is CCn1c(CCl)nnc1-c1ccc(F)c(C)c1. The van der Waals surface area contributed by atoms with Crippen molar-refractivity contribution in [3.05, 3.63) is 35.4 Å². The Morgan fingerprint density at radius 1 is 1.35 bits per heavy atom. The maximum Gasteiger partial charge on any atom is 0.163 e. The molecule has 1 aromatic heterocycles. The van der Waals surface area contributed by atoms with Gasteiger partial charge in [0.15, 0.2) is 5.82 Å². The molecular weight excluding hydrogens is 241 g/mol. The van der Waals surface area contributed by atoms with Crippen molar-refractivity contribution in [1.82, 2.24) is 14.8 Å². The van der Waals surface area contributed by atoms with Crippen LogP contribution in [0.3, 0.4) is 0 Å². The predicted octanol–water partition coefficient (Wildman–Crippen LogP) is 3.15. The van der Waals surface area contributed by atoms with Gasteiger partial charge in [-0.25, -0.2) is 4.39 Å². The summed E-state index contributed by atoms with van der Waals surface area (Å²) in [6, 6.07) is 4.92. The molecule has 0 fully saturated rings. The zero-order valence-corrected chi connectivity index (χ0v) is 10.5. The molecule has 0 saturated carbocycles. The third-order valence-electron chi connectivity index (χ3n) is 2.68. The van der Waals surface area contributed by atoms with Gasteiger partial charge in [-0.1, -0.05) is 0 Å². The van der Waals surface area contributed by atoms with Crippen molar-refractivity contribution in [3.8, 4) is 11.4 Å². The van der Waals surface area contributed by atoms with Crippen molar-refractivity contribution in [1.29, 1.82) is 0 Å². The van der Waals surface area contributed by atoms with E-state index in [-0.39, 0.29) is 5.82 Å². The molecule has 0 atom stereocenters. The Morgan fingerprint density at radius 2 is 2.12 bits per heavy atom. The molecule has 0 spiro atoms. The molecule has 1 aromatic carbocycles. The second-order valence-corrected chi connectivity index (χ2v) is 4.05. The minimum absolute atomic E-state index is 0.214. The Balaban J connectivity index is 2.52. The lowest BCUT2D eigenvalue weighted by Crippen LogP contribution is -2.02. The highest BCUT2D eigenvalue weighted by Crippen LogP contribution is 2.21. The summed E-state index contributed by atoms with van der Waals surface area (Å²) < 4.78 is 15.1. The lowest BCUT2D eigenvalue weighted by Gasteiger charge is -2.06. The van der Waals surface area contributed by atoms with Gasteiger partial charge in [0, 0.05) is 12.1 Å². The number of alkyl halides is 1. The summed E-state index contributed by atoms with van der Waals surface area (Å²) in [6.07, 6.45) is 0. The number of nitrogens with zero attached hydrogens (tertiary/aromatic N) is 3. The van der Waals surface area contributed by atoms with Gasteiger partial charge in [-0.2, -0.15) is 0 Å². The van der Waals surface area contributed by atoms with Gasteiger partial charge in [0.1, 0.15) is 11.6 Å². The van der Waals surface area contributed by atoms with Crippen LogP contribution < -0.4 is 0 Å². The van der Waals surface area contributed by atoms with E-state index in [9.17, 15) is 4.39 Å². The lowest BCUT2D eigenvalue weighted by molar-refractivity contribution is 0.618. The molecule has 3 nitrogen and oxygen atoms in total. The topological polar surface area (TPSA) is 30.7 Å². The van der Waals surface area contributed by atoms with Gasteiger partial charge in [0.2, 0.25) is 0 Å². The number of benzene rings is 1. The van der Waals surface area contributed by atoms with Crippen molar-refractivity contribution in [2.24, 2.45) is 0 Å². The number of hydrogen-bond donors (Lipinski definition) is 0. The summed E-state index contributed by atoms with van der Waals surface area (Å²) in [5, 5.41) is 8.13. The minimum Gasteiger partial charge on any atom is -0.310 e. The molecule has 0 radical (unpaired) electrons. The molecular formula is C12H13ClFN3. The smallest absolute Gasteiger partial charge is 0.163 e. The Morgan fingerprint density at radius 3 is 2.71 bits per heavy atom. The Kier molecular flexibility index (Phi) is 3.43. The zero-order valence-electron chi connectivity index (χ0n) is 9.74. The highest BCUT2D eigenvalue weighted by Gasteiger charge is 2.12. The van der Waals surface area contributed by atoms with Crippen molar-refractivity contribution in [2.45, 2.75) is 26.3 Å². The highest BCUT2D eigenvalue weighted by atomic mass is 35.5. The van der Waals surface area contributed by atoms with Crippen LogP contribution in [0, 0.1) is 12.7 Å². The van der Waals surface area contributed by atoms with E-state index < -0.39 is 0 Å². The minimum atomic E-state index is -0.214. The molecule has 5 heteroatoms. The monoisotopic (exact) mass is 253 g/mol. The maximum absolute atomic E-state index is 13.2. The molecule has 2 rings (SSSR count). The van der Waals surface area contributed by atoms with Gasteiger partial charge >= 0.3 is 0 Å². The fraction of sp³-hybridized carbons (Fsp3) is 0.333. The van der Waals surface area contributed by atoms with Crippen LogP contribution in [0.25, 0.3) is 11.4 Å². The van der Waals surface area contributed by atoms with Crippen LogP contribution in [-0.4, -0.2) is 14.8 Å². The standard InChI is InChI=1S/C12H13ClFN3/c1-3-17-11(7-13)15-16-12(17)9-4-5-10(14)8(2)6-9/h4-6H,3,7H2,1-2H3. The fourth-order valence-corrected chi connectivity index (χ4v) is 1.96. The summed E-state index contributed by atoms with van der Waals surface area (Å²) in [4.78, 5) is 0. The quantitative estimate of drug-likeness (QED) is 0.787. The van der Waals surface area contributed by atoms with Crippen LogP contribution in [0.4, 0.5) is 4.39 Å². The van der Waals surface area contributed by atoms with E-state index in [4.69, 9.17) is 11.6 Å². The van der Waals surface area contributed by atoms with Gasteiger partial charge in [0.25, 0.3) is 0 Å². The third-order valence-corrected chi connectivity index (χ3v) is 2.92. The van der Waals surface area contributed by atoms with Gasteiger partial charge in [-0.3, -0.25) is 0 Å². The average molecular weight is 254 g/mol. The third kappa shape index (κ3) is 2.17. The van der Waals surface area contributed by atoms with Crippen LogP contribution in [0.5, 0.6) is 0 Å². The van der Waals surface area contributed by atoms with E-state index in [1.165, 1.54) is 6.07 Å². The lowest BCUT2D eigenvalue weighted by atomic mass is 10.1. The summed E-state index contributed by atoms with van der Waals surface area (Å²) in [6.45, 7) is 4.47. The molecule has 0 N–H and O–H groups in total. The second-order valence-electron chi connectivity index (χ2n) is 3.78. The van der Waals surface area contributed by atoms with Crippen molar-refractivity contribution in [2.75, 3.05) is 0 Å². The first kappa shape index (κ1) is 12.0. The van der Waals surface area contributed by atoms with Crippen LogP contribution in [0.2, 0.25) is 0 Å². The largest absolute Gasteiger partial charge is 0.310 e. The maximum atomic E-state index is 13.2. The molecule has 17 heavy (non-hydrogen) atoms. The van der Waals surface area contributed by atoms with Crippen LogP contribution in [-0.2, 0) is 12.4 Å². The number of halogens is 2. The average Bonchev–Trinajstić information content (AvgIpc) is 2.75. The Labute approximate surface area is 104 Å². The fourth-order valence-electron chi connectivity index (χ4n) is 1.76. The van der Waals surface area contributed by atoms with E-state index in [0.29, 0.717) is 11.4 Å². The van der Waals surface area contributed by atoms with Crippen LogP contribution in [0.15, 0.2) is 18.2 Å². The molecule has 0 aliphatic carbocycles. The van der Waals surface area contributed by atoms with Crippen molar-refractivity contribution in [3.63, 3.8) is 0 Å². The van der Waals surface area contributed by atoms with Crippen LogP contribution >= 0.6 is 11.6 Å². The number of aryl methyl sites for hydroxylation is 1. The number of hydrogen-bond acceptors (Lipinski definition) is 2. The van der Waals surface area contributed by atoms with Crippen molar-refractivity contribution < 1.29 is 4.39 Å². The first-order valence-corrected chi connectivity index (χ1v) is 5.95. The summed E-state index contributed by atoms with van der Waals surface area (Å²) in [7, 11) is 0. The van der Waals surface area contributed by atoms with Gasteiger partial charge in [0.05, 0.1) is 5.88 Å². The molecule has 0 bridgehead atoms. The summed E-state index contributed by atoms with van der Waals surface area (Å²) >= 11 is 5.78. The molecule has 1 heterocycles. The molecule has 0 unspecified atom stereocenters. The van der Waals surface area contributed by atoms with Crippen molar-refractivity contribution >= 4 is 11.6 Å². The predicted molar refractivity (Wildman–Crippen MR) is 65.4 cm³/mol. The highest BCUT2D eigenvalue weighted by molar-refractivity contribution is 6.16. The van der Waals surface area contributed by atoms with Gasteiger partial charge in [-0.05, 0) is 37.6 Å². The van der Waals surface area contributed by atoms with E-state index in [0.717, 1.165) is 23.8 Å². The van der Waals surface area contributed by atoms with E-state index >= 15 is 0 Å². The Hall–Kier alpha value is -1.42. The zero-order chi connectivity index (χ0) is 12.4. The molecule has 90 valence electrons. The molecule has 2 aromatic rings. The Bertz CT molecular complexity index is 537. The van der Waals surface area contributed by atoms with E-state index in [1.807, 2.05) is 11.5 Å². The molecule has 0 aliphatic rings. The van der Waals surface area contributed by atoms with E-state index in [1.54, 1.807) is 19.1 Å². The number of aromatic nitrogens is 3.